The van der Waals surface area contributed by atoms with Crippen LogP contribution in [0.5, 0.6) is 11.5 Å². The Morgan fingerprint density at radius 1 is 1.00 bits per heavy atom. The van der Waals surface area contributed by atoms with Gasteiger partial charge in [-0.15, -0.1) is 10.2 Å². The Hall–Kier alpha value is -3.36. The summed E-state index contributed by atoms with van der Waals surface area (Å²) in [5, 5.41) is 8.89. The SMILES string of the molecule is CCCCN(CC(=O)N1CCCN(c2ccc(-c3ccc(OC)c(OC)c3)nn2)CC1)C(=O)C(C)C. The number of benzene rings is 1. The van der Waals surface area contributed by atoms with Crippen molar-refractivity contribution in [2.75, 3.05) is 58.4 Å². The predicted molar refractivity (Wildman–Crippen MR) is 140 cm³/mol. The van der Waals surface area contributed by atoms with Crippen molar-refractivity contribution in [3.63, 3.8) is 0 Å². The van der Waals surface area contributed by atoms with Gasteiger partial charge in [-0.05, 0) is 43.2 Å². The van der Waals surface area contributed by atoms with Crippen LogP contribution in [-0.2, 0) is 9.59 Å². The third kappa shape index (κ3) is 6.86. The maximum Gasteiger partial charge on any atom is 0.242 e. The van der Waals surface area contributed by atoms with E-state index < -0.39 is 0 Å². The van der Waals surface area contributed by atoms with Gasteiger partial charge in [0, 0.05) is 44.2 Å². The molecule has 0 radical (unpaired) electrons. The van der Waals surface area contributed by atoms with Gasteiger partial charge in [0.05, 0.1) is 26.5 Å². The first kappa shape index (κ1) is 27.2. The number of hydrogen-bond donors (Lipinski definition) is 0. The zero-order valence-corrected chi connectivity index (χ0v) is 22.2. The smallest absolute Gasteiger partial charge is 0.242 e. The monoisotopic (exact) mass is 497 g/mol. The van der Waals surface area contributed by atoms with Crippen molar-refractivity contribution in [1.82, 2.24) is 20.0 Å². The second kappa shape index (κ2) is 13.1. The van der Waals surface area contributed by atoms with Gasteiger partial charge >= 0.3 is 0 Å². The minimum Gasteiger partial charge on any atom is -0.493 e. The molecule has 0 spiro atoms. The van der Waals surface area contributed by atoms with E-state index >= 15 is 0 Å². The number of unbranched alkanes of at least 4 members (excludes halogenated alkanes) is 1. The van der Waals surface area contributed by atoms with Gasteiger partial charge in [0.1, 0.15) is 0 Å². The minimum absolute atomic E-state index is 0.0110. The number of methoxy groups -OCH3 is 2. The van der Waals surface area contributed by atoms with Crippen LogP contribution in [0.1, 0.15) is 40.0 Å². The molecular formula is C27H39N5O4. The summed E-state index contributed by atoms with van der Waals surface area (Å²) in [5.41, 5.74) is 1.64. The summed E-state index contributed by atoms with van der Waals surface area (Å²) in [6, 6.07) is 9.56. The van der Waals surface area contributed by atoms with Crippen molar-refractivity contribution >= 4 is 17.6 Å². The predicted octanol–water partition coefficient (Wildman–Crippen LogP) is 3.48. The largest absolute Gasteiger partial charge is 0.493 e. The fourth-order valence-electron chi connectivity index (χ4n) is 4.28. The average Bonchev–Trinajstić information content (AvgIpc) is 3.16. The van der Waals surface area contributed by atoms with Crippen LogP contribution < -0.4 is 14.4 Å². The van der Waals surface area contributed by atoms with Crippen molar-refractivity contribution in [3.05, 3.63) is 30.3 Å². The molecule has 2 heterocycles. The highest BCUT2D eigenvalue weighted by molar-refractivity contribution is 5.85. The van der Waals surface area contributed by atoms with Crippen molar-refractivity contribution in [1.29, 1.82) is 0 Å². The zero-order valence-electron chi connectivity index (χ0n) is 22.2. The second-order valence-corrected chi connectivity index (χ2v) is 9.34. The minimum atomic E-state index is -0.116. The molecule has 1 aliphatic heterocycles. The number of ether oxygens (including phenoxy) is 2. The van der Waals surface area contributed by atoms with Crippen LogP contribution in [0, 0.1) is 5.92 Å². The molecule has 196 valence electrons. The first-order valence-corrected chi connectivity index (χ1v) is 12.8. The van der Waals surface area contributed by atoms with Gasteiger partial charge in [0.15, 0.2) is 17.3 Å². The van der Waals surface area contributed by atoms with Gasteiger partial charge in [-0.2, -0.15) is 0 Å². The summed E-state index contributed by atoms with van der Waals surface area (Å²) in [6.07, 6.45) is 2.72. The van der Waals surface area contributed by atoms with E-state index in [1.54, 1.807) is 19.1 Å². The first-order valence-electron chi connectivity index (χ1n) is 12.8. The van der Waals surface area contributed by atoms with Gasteiger partial charge in [0.2, 0.25) is 11.8 Å². The lowest BCUT2D eigenvalue weighted by atomic mass is 10.1. The van der Waals surface area contributed by atoms with Crippen LogP contribution in [0.15, 0.2) is 30.3 Å². The normalized spacial score (nSPS) is 13.9. The van der Waals surface area contributed by atoms with Crippen molar-refractivity contribution in [3.8, 4) is 22.8 Å². The van der Waals surface area contributed by atoms with E-state index in [0.29, 0.717) is 37.7 Å². The Balaban J connectivity index is 1.62. The van der Waals surface area contributed by atoms with Gasteiger partial charge in [-0.25, -0.2) is 0 Å². The number of rotatable bonds is 10. The molecule has 1 saturated heterocycles. The highest BCUT2D eigenvalue weighted by atomic mass is 16.5. The van der Waals surface area contributed by atoms with E-state index in [1.165, 1.54) is 0 Å². The van der Waals surface area contributed by atoms with E-state index in [9.17, 15) is 9.59 Å². The standard InChI is InChI=1S/C27H39N5O4/c1-6-7-13-32(27(34)20(2)3)19-26(33)31-15-8-14-30(16-17-31)25-12-10-22(28-29-25)21-9-11-23(35-4)24(18-21)36-5/h9-12,18,20H,6-8,13-17,19H2,1-5H3. The number of hydrogen-bond acceptors (Lipinski definition) is 7. The van der Waals surface area contributed by atoms with Crippen molar-refractivity contribution in [2.45, 2.75) is 40.0 Å². The quantitative estimate of drug-likeness (QED) is 0.497. The number of carbonyl (C=O) groups is 2. The topological polar surface area (TPSA) is 88.1 Å². The summed E-state index contributed by atoms with van der Waals surface area (Å²) in [4.78, 5) is 31.4. The van der Waals surface area contributed by atoms with Gasteiger partial charge in [-0.1, -0.05) is 27.2 Å². The number of anilines is 1. The number of aromatic nitrogens is 2. The van der Waals surface area contributed by atoms with E-state index in [0.717, 1.165) is 42.9 Å². The highest BCUT2D eigenvalue weighted by Crippen LogP contribution is 2.31. The van der Waals surface area contributed by atoms with Crippen LogP contribution in [0.25, 0.3) is 11.3 Å². The summed E-state index contributed by atoms with van der Waals surface area (Å²) < 4.78 is 10.7. The lowest BCUT2D eigenvalue weighted by molar-refractivity contribution is -0.142. The first-order chi connectivity index (χ1) is 17.4. The van der Waals surface area contributed by atoms with Gasteiger partial charge in [0.25, 0.3) is 0 Å². The Labute approximate surface area is 214 Å². The van der Waals surface area contributed by atoms with Crippen molar-refractivity contribution < 1.29 is 19.1 Å². The molecule has 0 aliphatic carbocycles. The molecule has 3 rings (SSSR count). The maximum atomic E-state index is 13.1. The molecule has 36 heavy (non-hydrogen) atoms. The molecule has 9 nitrogen and oxygen atoms in total. The van der Waals surface area contributed by atoms with Gasteiger partial charge < -0.3 is 24.2 Å². The second-order valence-electron chi connectivity index (χ2n) is 9.34. The Bertz CT molecular complexity index is 1010. The molecule has 9 heteroatoms. The molecule has 0 bridgehead atoms. The molecule has 1 aliphatic rings. The Morgan fingerprint density at radius 2 is 1.78 bits per heavy atom. The highest BCUT2D eigenvalue weighted by Gasteiger charge is 2.25. The van der Waals surface area contributed by atoms with Crippen LogP contribution in [-0.4, -0.2) is 85.3 Å². The Kier molecular flexibility index (Phi) is 9.90. The summed E-state index contributed by atoms with van der Waals surface area (Å²) in [6.45, 7) is 9.35. The Morgan fingerprint density at radius 3 is 2.42 bits per heavy atom. The molecular weight excluding hydrogens is 458 g/mol. The molecule has 0 unspecified atom stereocenters. The molecule has 1 fully saturated rings. The lowest BCUT2D eigenvalue weighted by Gasteiger charge is -2.28. The van der Waals surface area contributed by atoms with E-state index in [4.69, 9.17) is 9.47 Å². The number of nitrogens with zero attached hydrogens (tertiary/aromatic N) is 5. The molecule has 2 amide bonds. The fraction of sp³-hybridized carbons (Fsp3) is 0.556. The van der Waals surface area contributed by atoms with E-state index in [2.05, 4.69) is 22.0 Å². The molecule has 0 N–H and O–H groups in total. The summed E-state index contributed by atoms with van der Waals surface area (Å²) in [5.74, 6) is 2.02. The fourth-order valence-corrected chi connectivity index (χ4v) is 4.28. The summed E-state index contributed by atoms with van der Waals surface area (Å²) >= 11 is 0. The maximum absolute atomic E-state index is 13.1. The molecule has 1 aromatic heterocycles. The van der Waals surface area contributed by atoms with Crippen LogP contribution in [0.2, 0.25) is 0 Å². The molecule has 0 atom stereocenters. The van der Waals surface area contributed by atoms with E-state index in [-0.39, 0.29) is 24.3 Å². The van der Waals surface area contributed by atoms with E-state index in [1.807, 2.05) is 49.1 Å². The number of amides is 2. The number of carbonyl (C=O) groups excluding carboxylic acids is 2. The van der Waals surface area contributed by atoms with Crippen molar-refractivity contribution in [2.24, 2.45) is 5.92 Å². The van der Waals surface area contributed by atoms with Crippen LogP contribution >= 0.6 is 0 Å². The molecule has 0 saturated carbocycles. The van der Waals surface area contributed by atoms with Crippen LogP contribution in [0.3, 0.4) is 0 Å². The van der Waals surface area contributed by atoms with Gasteiger partial charge in [-0.3, -0.25) is 9.59 Å². The summed E-state index contributed by atoms with van der Waals surface area (Å²) in [7, 11) is 3.21. The molecule has 1 aromatic carbocycles. The average molecular weight is 498 g/mol. The molecule has 2 aromatic rings. The third-order valence-electron chi connectivity index (χ3n) is 6.42. The third-order valence-corrected chi connectivity index (χ3v) is 6.42. The van der Waals surface area contributed by atoms with Crippen LogP contribution in [0.4, 0.5) is 5.82 Å². The zero-order chi connectivity index (χ0) is 26.1. The lowest BCUT2D eigenvalue weighted by Crippen LogP contribution is -2.45.